The van der Waals surface area contributed by atoms with E-state index in [9.17, 15) is 19.5 Å². The molecule has 1 saturated carbocycles. The number of carbonyl (C=O) groups excluding carboxylic acids is 2. The third kappa shape index (κ3) is 5.22. The lowest BCUT2D eigenvalue weighted by Gasteiger charge is -2.29. The standard InChI is InChI=1S/C26H30N2O6/c29-13-12-23(25(31)32)28-24(30)16-6-5-7-17(14-16)27-26(33)34-15-22-20-10-3-1-8-18(20)19-9-2-4-11-21(19)22/h1-4,8-11,16-17,22-23,29H,5-7,12-15H2,(H,27,33)(H,28,30)(H,31,32)/t16-,17+,23-/m0/s1. The highest BCUT2D eigenvalue weighted by atomic mass is 16.5. The van der Waals surface area contributed by atoms with E-state index < -0.39 is 24.0 Å². The van der Waals surface area contributed by atoms with Crippen LogP contribution in [0.25, 0.3) is 11.1 Å². The molecule has 0 bridgehead atoms. The molecule has 2 aliphatic carbocycles. The van der Waals surface area contributed by atoms with Crippen LogP contribution in [0.2, 0.25) is 0 Å². The number of carboxylic acid groups (broad SMARTS) is 1. The molecule has 0 aromatic heterocycles. The lowest BCUT2D eigenvalue weighted by Crippen LogP contribution is -2.47. The Labute approximate surface area is 198 Å². The number of ether oxygens (including phenoxy) is 1. The van der Waals surface area contributed by atoms with Gasteiger partial charge in [0, 0.05) is 30.9 Å². The molecule has 180 valence electrons. The van der Waals surface area contributed by atoms with Gasteiger partial charge in [0.1, 0.15) is 12.6 Å². The Hall–Kier alpha value is -3.39. The Morgan fingerprint density at radius 3 is 2.26 bits per heavy atom. The van der Waals surface area contributed by atoms with Gasteiger partial charge in [0.05, 0.1) is 0 Å². The summed E-state index contributed by atoms with van der Waals surface area (Å²) in [4.78, 5) is 36.4. The summed E-state index contributed by atoms with van der Waals surface area (Å²) in [6, 6.07) is 14.9. The second-order valence-electron chi connectivity index (χ2n) is 8.94. The lowest BCUT2D eigenvalue weighted by atomic mass is 9.85. The van der Waals surface area contributed by atoms with Crippen LogP contribution < -0.4 is 10.6 Å². The molecular formula is C26H30N2O6. The average molecular weight is 467 g/mol. The van der Waals surface area contributed by atoms with Gasteiger partial charge in [0.25, 0.3) is 0 Å². The number of carbonyl (C=O) groups is 3. The quantitative estimate of drug-likeness (QED) is 0.474. The number of hydrogen-bond donors (Lipinski definition) is 4. The second-order valence-corrected chi connectivity index (χ2v) is 8.94. The largest absolute Gasteiger partial charge is 0.480 e. The molecule has 0 heterocycles. The SMILES string of the molecule is O=C(N[C@@H]1CCC[C@H](C(=O)N[C@@H](CCO)C(=O)O)C1)OCC1c2ccccc2-c2ccccc21. The van der Waals surface area contributed by atoms with Gasteiger partial charge in [-0.2, -0.15) is 0 Å². The Morgan fingerprint density at radius 1 is 1.00 bits per heavy atom. The molecule has 1 fully saturated rings. The van der Waals surface area contributed by atoms with Crippen LogP contribution in [0.4, 0.5) is 4.79 Å². The van der Waals surface area contributed by atoms with Crippen LogP contribution in [0.3, 0.4) is 0 Å². The van der Waals surface area contributed by atoms with E-state index >= 15 is 0 Å². The minimum absolute atomic E-state index is 0.0255. The van der Waals surface area contributed by atoms with Gasteiger partial charge in [-0.1, -0.05) is 55.0 Å². The fraction of sp³-hybridized carbons (Fsp3) is 0.423. The number of benzene rings is 2. The van der Waals surface area contributed by atoms with Crippen molar-refractivity contribution in [1.29, 1.82) is 0 Å². The number of aliphatic carboxylic acids is 1. The monoisotopic (exact) mass is 466 g/mol. The number of alkyl carbamates (subject to hydrolysis) is 1. The minimum Gasteiger partial charge on any atom is -0.480 e. The Morgan fingerprint density at radius 2 is 1.65 bits per heavy atom. The fourth-order valence-corrected chi connectivity index (χ4v) is 5.04. The first kappa shape index (κ1) is 23.8. The van der Waals surface area contributed by atoms with Crippen LogP contribution in [0.5, 0.6) is 0 Å². The third-order valence-electron chi connectivity index (χ3n) is 6.74. The molecular weight excluding hydrogens is 436 g/mol. The lowest BCUT2D eigenvalue weighted by molar-refractivity contribution is -0.143. The number of aliphatic hydroxyl groups excluding tert-OH is 1. The van der Waals surface area contributed by atoms with E-state index in [-0.39, 0.29) is 37.5 Å². The molecule has 3 atom stereocenters. The van der Waals surface area contributed by atoms with Crippen molar-refractivity contribution < 1.29 is 29.3 Å². The van der Waals surface area contributed by atoms with Crippen molar-refractivity contribution in [3.8, 4) is 11.1 Å². The summed E-state index contributed by atoms with van der Waals surface area (Å²) in [7, 11) is 0. The summed E-state index contributed by atoms with van der Waals surface area (Å²) in [5.41, 5.74) is 4.60. The average Bonchev–Trinajstić information content (AvgIpc) is 3.16. The molecule has 4 rings (SSSR count). The Bertz CT molecular complexity index is 1010. The van der Waals surface area contributed by atoms with Crippen molar-refractivity contribution in [2.24, 2.45) is 5.92 Å². The van der Waals surface area contributed by atoms with Crippen LogP contribution in [-0.2, 0) is 14.3 Å². The highest BCUT2D eigenvalue weighted by molar-refractivity contribution is 5.85. The van der Waals surface area contributed by atoms with Gasteiger partial charge in [-0.05, 0) is 41.5 Å². The van der Waals surface area contributed by atoms with Crippen LogP contribution in [0, 0.1) is 5.92 Å². The molecule has 2 aromatic carbocycles. The molecule has 0 unspecified atom stereocenters. The molecule has 4 N–H and O–H groups in total. The van der Waals surface area contributed by atoms with Crippen molar-refractivity contribution in [1.82, 2.24) is 10.6 Å². The van der Waals surface area contributed by atoms with E-state index in [0.717, 1.165) is 35.1 Å². The van der Waals surface area contributed by atoms with E-state index in [1.807, 2.05) is 24.3 Å². The zero-order chi connectivity index (χ0) is 24.1. The summed E-state index contributed by atoms with van der Waals surface area (Å²) in [6.07, 6.45) is 1.95. The van der Waals surface area contributed by atoms with Crippen LogP contribution in [0.15, 0.2) is 48.5 Å². The summed E-state index contributed by atoms with van der Waals surface area (Å²) < 4.78 is 5.61. The van der Waals surface area contributed by atoms with Crippen LogP contribution in [-0.4, -0.2) is 53.5 Å². The molecule has 0 aliphatic heterocycles. The highest BCUT2D eigenvalue weighted by Gasteiger charge is 2.32. The van der Waals surface area contributed by atoms with Crippen LogP contribution >= 0.6 is 0 Å². The number of rotatable bonds is 8. The normalized spacial score (nSPS) is 20.0. The molecule has 2 aromatic rings. The first-order chi connectivity index (χ1) is 16.5. The summed E-state index contributed by atoms with van der Waals surface area (Å²) in [5, 5.41) is 23.6. The van der Waals surface area contributed by atoms with E-state index in [0.29, 0.717) is 12.8 Å². The molecule has 8 nitrogen and oxygen atoms in total. The first-order valence-electron chi connectivity index (χ1n) is 11.7. The number of amides is 2. The number of fused-ring (bicyclic) bond motifs is 3. The van der Waals surface area contributed by atoms with Gasteiger partial charge < -0.3 is 25.6 Å². The van der Waals surface area contributed by atoms with Gasteiger partial charge in [-0.15, -0.1) is 0 Å². The maximum Gasteiger partial charge on any atom is 0.407 e. The zero-order valence-corrected chi connectivity index (χ0v) is 18.9. The minimum atomic E-state index is -1.17. The third-order valence-corrected chi connectivity index (χ3v) is 6.74. The first-order valence-corrected chi connectivity index (χ1v) is 11.7. The van der Waals surface area contributed by atoms with Crippen molar-refractivity contribution >= 4 is 18.0 Å². The molecule has 8 heteroatoms. The van der Waals surface area contributed by atoms with Crippen molar-refractivity contribution in [2.45, 2.75) is 50.1 Å². The smallest absolute Gasteiger partial charge is 0.407 e. The zero-order valence-electron chi connectivity index (χ0n) is 18.9. The van der Waals surface area contributed by atoms with Gasteiger partial charge in [-0.3, -0.25) is 4.79 Å². The molecule has 34 heavy (non-hydrogen) atoms. The number of carboxylic acids is 1. The fourth-order valence-electron chi connectivity index (χ4n) is 5.04. The molecule has 0 spiro atoms. The van der Waals surface area contributed by atoms with Crippen LogP contribution in [0.1, 0.15) is 49.1 Å². The topological polar surface area (TPSA) is 125 Å². The summed E-state index contributed by atoms with van der Waals surface area (Å²) >= 11 is 0. The van der Waals surface area contributed by atoms with Gasteiger partial charge in [0.15, 0.2) is 0 Å². The number of aliphatic hydroxyl groups is 1. The Balaban J connectivity index is 1.31. The molecule has 2 amide bonds. The van der Waals surface area contributed by atoms with E-state index in [2.05, 4.69) is 34.9 Å². The van der Waals surface area contributed by atoms with Gasteiger partial charge in [0.2, 0.25) is 5.91 Å². The van der Waals surface area contributed by atoms with Crippen molar-refractivity contribution in [3.05, 3.63) is 59.7 Å². The highest BCUT2D eigenvalue weighted by Crippen LogP contribution is 2.44. The predicted molar refractivity (Wildman–Crippen MR) is 125 cm³/mol. The molecule has 0 saturated heterocycles. The molecule has 0 radical (unpaired) electrons. The predicted octanol–water partition coefficient (Wildman–Crippen LogP) is 3.04. The number of hydrogen-bond acceptors (Lipinski definition) is 5. The summed E-state index contributed by atoms with van der Waals surface area (Å²) in [5.74, 6) is -1.96. The van der Waals surface area contributed by atoms with Crippen molar-refractivity contribution in [3.63, 3.8) is 0 Å². The molecule has 2 aliphatic rings. The van der Waals surface area contributed by atoms with E-state index in [1.165, 1.54) is 0 Å². The van der Waals surface area contributed by atoms with Gasteiger partial charge in [-0.25, -0.2) is 9.59 Å². The Kier molecular flexibility index (Phi) is 7.47. The maximum absolute atomic E-state index is 12.6. The van der Waals surface area contributed by atoms with Gasteiger partial charge >= 0.3 is 12.1 Å². The maximum atomic E-state index is 12.6. The second kappa shape index (κ2) is 10.7. The van der Waals surface area contributed by atoms with Crippen molar-refractivity contribution in [2.75, 3.05) is 13.2 Å². The number of nitrogens with one attached hydrogen (secondary N) is 2. The van der Waals surface area contributed by atoms with E-state index in [1.54, 1.807) is 0 Å². The summed E-state index contributed by atoms with van der Waals surface area (Å²) in [6.45, 7) is -0.105. The van der Waals surface area contributed by atoms with E-state index in [4.69, 9.17) is 9.84 Å².